The molecule has 1 fully saturated rings. The average Bonchev–Trinajstić information content (AvgIpc) is 3.41. The lowest BCUT2D eigenvalue weighted by molar-refractivity contribution is -0.111. The number of hydrogen-bond acceptors (Lipinski definition) is 6. The fourth-order valence-electron chi connectivity index (χ4n) is 4.58. The van der Waals surface area contributed by atoms with E-state index in [9.17, 15) is 4.79 Å². The number of hydrogen-bond donors (Lipinski definition) is 2. The predicted molar refractivity (Wildman–Crippen MR) is 146 cm³/mol. The van der Waals surface area contributed by atoms with Gasteiger partial charge in [-0.05, 0) is 57.3 Å². The summed E-state index contributed by atoms with van der Waals surface area (Å²) in [7, 11) is 0. The summed E-state index contributed by atoms with van der Waals surface area (Å²) in [5.74, 6) is 1.19. The van der Waals surface area contributed by atoms with Gasteiger partial charge in [-0.15, -0.1) is 0 Å². The Morgan fingerprint density at radius 3 is 2.61 bits per heavy atom. The number of anilines is 2. The zero-order valence-electron chi connectivity index (χ0n) is 21.5. The highest BCUT2D eigenvalue weighted by Crippen LogP contribution is 2.36. The van der Waals surface area contributed by atoms with Crippen LogP contribution in [0.1, 0.15) is 58.1 Å². The third kappa shape index (κ3) is 6.61. The van der Waals surface area contributed by atoms with Gasteiger partial charge >= 0.3 is 0 Å². The molecular weight excluding hydrogens is 450 g/mol. The van der Waals surface area contributed by atoms with E-state index in [1.807, 2.05) is 36.4 Å². The van der Waals surface area contributed by atoms with E-state index < -0.39 is 0 Å². The maximum atomic E-state index is 12.8. The summed E-state index contributed by atoms with van der Waals surface area (Å²) in [6.07, 6.45) is 9.62. The summed E-state index contributed by atoms with van der Waals surface area (Å²) >= 11 is 0. The third-order valence-electron chi connectivity index (χ3n) is 6.77. The number of rotatable bonds is 11. The lowest BCUT2D eigenvalue weighted by atomic mass is 10.1. The molecule has 4 rings (SSSR count). The van der Waals surface area contributed by atoms with Crippen molar-refractivity contribution < 1.29 is 9.53 Å². The van der Waals surface area contributed by atoms with Gasteiger partial charge in [-0.1, -0.05) is 50.3 Å². The number of benzene rings is 2. The van der Waals surface area contributed by atoms with Crippen LogP contribution in [0.5, 0.6) is 5.75 Å². The molecule has 0 spiro atoms. The average molecular weight is 488 g/mol. The fraction of sp³-hybridized carbons (Fsp3) is 0.414. The van der Waals surface area contributed by atoms with Crippen molar-refractivity contribution in [2.75, 3.05) is 30.3 Å². The van der Waals surface area contributed by atoms with Gasteiger partial charge in [0.25, 0.3) is 0 Å². The second-order valence-electron chi connectivity index (χ2n) is 9.27. The summed E-state index contributed by atoms with van der Waals surface area (Å²) in [5.41, 5.74) is 2.57. The zero-order chi connectivity index (χ0) is 25.3. The minimum Gasteiger partial charge on any atom is -0.488 e. The van der Waals surface area contributed by atoms with Crippen LogP contribution in [0.3, 0.4) is 0 Å². The molecule has 7 nitrogen and oxygen atoms in total. The summed E-state index contributed by atoms with van der Waals surface area (Å²) in [6, 6.07) is 14.1. The topological polar surface area (TPSA) is 79.4 Å². The van der Waals surface area contributed by atoms with Crippen LogP contribution in [0, 0.1) is 0 Å². The van der Waals surface area contributed by atoms with Crippen molar-refractivity contribution in [3.63, 3.8) is 0 Å². The molecule has 3 aromatic rings. The Kier molecular flexibility index (Phi) is 8.90. The number of ether oxygens (including phenoxy) is 1. The Hall–Kier alpha value is -3.45. The molecule has 0 bridgehead atoms. The Morgan fingerprint density at radius 1 is 1.14 bits per heavy atom. The summed E-state index contributed by atoms with van der Waals surface area (Å²) in [5, 5.41) is 7.39. The third-order valence-corrected chi connectivity index (χ3v) is 6.77. The monoisotopic (exact) mass is 487 g/mol. The lowest BCUT2D eigenvalue weighted by Gasteiger charge is -2.19. The van der Waals surface area contributed by atoms with Crippen molar-refractivity contribution in [3.05, 3.63) is 66.5 Å². The highest BCUT2D eigenvalue weighted by molar-refractivity contribution is 6.03. The Balaban J connectivity index is 1.62. The molecule has 1 aromatic heterocycles. The Morgan fingerprint density at radius 2 is 1.89 bits per heavy atom. The molecular formula is C29H37N5O2. The van der Waals surface area contributed by atoms with Gasteiger partial charge in [0, 0.05) is 30.1 Å². The highest BCUT2D eigenvalue weighted by Gasteiger charge is 2.20. The summed E-state index contributed by atoms with van der Waals surface area (Å²) < 4.78 is 6.36. The fourth-order valence-corrected chi connectivity index (χ4v) is 4.58. The predicted octanol–water partition coefficient (Wildman–Crippen LogP) is 5.96. The van der Waals surface area contributed by atoms with Crippen LogP contribution in [0.25, 0.3) is 10.9 Å². The second-order valence-corrected chi connectivity index (χ2v) is 9.27. The molecule has 0 aliphatic heterocycles. The van der Waals surface area contributed by atoms with Gasteiger partial charge in [-0.3, -0.25) is 4.79 Å². The first kappa shape index (κ1) is 25.6. The van der Waals surface area contributed by atoms with Gasteiger partial charge in [-0.25, -0.2) is 9.97 Å². The molecule has 2 aromatic carbocycles. The molecule has 0 radical (unpaired) electrons. The van der Waals surface area contributed by atoms with E-state index in [4.69, 9.17) is 4.74 Å². The molecule has 1 atom stereocenters. The lowest BCUT2D eigenvalue weighted by Crippen LogP contribution is -2.23. The number of aromatic nitrogens is 2. The van der Waals surface area contributed by atoms with E-state index in [0.717, 1.165) is 54.8 Å². The minimum absolute atomic E-state index is 0.0553. The van der Waals surface area contributed by atoms with Gasteiger partial charge in [0.1, 0.15) is 17.9 Å². The Bertz CT molecular complexity index is 1170. The van der Waals surface area contributed by atoms with Crippen LogP contribution >= 0.6 is 0 Å². The van der Waals surface area contributed by atoms with Crippen molar-refractivity contribution in [2.45, 2.75) is 58.6 Å². The number of nitrogens with zero attached hydrogens (tertiary/aromatic N) is 3. The largest absolute Gasteiger partial charge is 0.488 e. The number of nitrogens with one attached hydrogen (secondary N) is 2. The SMILES string of the molecule is CCN(CC)CC=CC(=O)Nc1cc2c(N[C@H](C)c3ccccc3)ncnc2cc1OC1CCCC1. The number of amides is 1. The molecule has 1 aliphatic carbocycles. The number of carbonyl (C=O) groups is 1. The molecule has 190 valence electrons. The van der Waals surface area contributed by atoms with Gasteiger partial charge in [0.2, 0.25) is 5.91 Å². The molecule has 2 N–H and O–H groups in total. The number of likely N-dealkylation sites (N-methyl/N-ethyl adjacent to an activating group) is 1. The zero-order valence-corrected chi connectivity index (χ0v) is 21.5. The van der Waals surface area contributed by atoms with Gasteiger partial charge < -0.3 is 20.3 Å². The molecule has 1 saturated carbocycles. The molecule has 0 unspecified atom stereocenters. The molecule has 1 amide bonds. The van der Waals surface area contributed by atoms with E-state index >= 15 is 0 Å². The number of fused-ring (bicyclic) bond motifs is 1. The van der Waals surface area contributed by atoms with E-state index in [0.29, 0.717) is 11.4 Å². The van der Waals surface area contributed by atoms with Crippen molar-refractivity contribution >= 4 is 28.3 Å². The minimum atomic E-state index is -0.179. The van der Waals surface area contributed by atoms with Crippen LogP contribution in [0.4, 0.5) is 11.5 Å². The molecule has 1 aliphatic rings. The van der Waals surface area contributed by atoms with Crippen molar-refractivity contribution in [3.8, 4) is 5.75 Å². The Labute approximate surface area is 214 Å². The quantitative estimate of drug-likeness (QED) is 0.325. The summed E-state index contributed by atoms with van der Waals surface area (Å²) in [6.45, 7) is 8.97. The van der Waals surface area contributed by atoms with E-state index in [1.165, 1.54) is 12.8 Å². The van der Waals surface area contributed by atoms with Crippen LogP contribution in [0.2, 0.25) is 0 Å². The van der Waals surface area contributed by atoms with Gasteiger partial charge in [0.15, 0.2) is 0 Å². The maximum Gasteiger partial charge on any atom is 0.248 e. The van der Waals surface area contributed by atoms with Crippen LogP contribution < -0.4 is 15.4 Å². The van der Waals surface area contributed by atoms with Crippen molar-refractivity contribution in [1.82, 2.24) is 14.9 Å². The van der Waals surface area contributed by atoms with Gasteiger partial charge in [0.05, 0.1) is 17.3 Å². The van der Waals surface area contributed by atoms with E-state index in [-0.39, 0.29) is 18.1 Å². The summed E-state index contributed by atoms with van der Waals surface area (Å²) in [4.78, 5) is 24.1. The standard InChI is InChI=1S/C29H37N5O2/c1-4-34(5-2)17-11-16-28(35)33-26-18-24-25(19-27(26)36-23-14-9-10-15-23)30-20-31-29(24)32-21(3)22-12-7-6-8-13-22/h6-8,11-13,16,18-21,23H,4-5,9-10,14-15,17H2,1-3H3,(H,33,35)(H,30,31,32)/t21-/m1/s1. The second kappa shape index (κ2) is 12.5. The van der Waals surface area contributed by atoms with Crippen molar-refractivity contribution in [1.29, 1.82) is 0 Å². The molecule has 7 heteroatoms. The maximum absolute atomic E-state index is 12.8. The van der Waals surface area contributed by atoms with Crippen molar-refractivity contribution in [2.24, 2.45) is 0 Å². The first-order chi connectivity index (χ1) is 17.6. The van der Waals surface area contributed by atoms with E-state index in [2.05, 4.69) is 58.4 Å². The van der Waals surface area contributed by atoms with E-state index in [1.54, 1.807) is 12.4 Å². The first-order valence-corrected chi connectivity index (χ1v) is 13.0. The molecule has 36 heavy (non-hydrogen) atoms. The smallest absolute Gasteiger partial charge is 0.248 e. The van der Waals surface area contributed by atoms with Crippen LogP contribution in [0.15, 0.2) is 60.9 Å². The van der Waals surface area contributed by atoms with Crippen LogP contribution in [-0.4, -0.2) is 46.5 Å². The molecule has 1 heterocycles. The van der Waals surface area contributed by atoms with Crippen LogP contribution in [-0.2, 0) is 4.79 Å². The highest BCUT2D eigenvalue weighted by atomic mass is 16.5. The number of carbonyl (C=O) groups excluding carboxylic acids is 1. The normalized spacial score (nSPS) is 15.0. The first-order valence-electron chi connectivity index (χ1n) is 13.0. The molecule has 0 saturated heterocycles. The van der Waals surface area contributed by atoms with Gasteiger partial charge in [-0.2, -0.15) is 0 Å².